The molecule has 1 atom stereocenters. The van der Waals surface area contributed by atoms with E-state index in [0.29, 0.717) is 23.5 Å². The lowest BCUT2D eigenvalue weighted by atomic mass is 10.1. The van der Waals surface area contributed by atoms with Gasteiger partial charge in [0.1, 0.15) is 5.39 Å². The number of H-pyrrole nitrogens is 1. The second-order valence-corrected chi connectivity index (χ2v) is 7.01. The summed E-state index contributed by atoms with van der Waals surface area (Å²) in [5, 5.41) is 7.98. The Morgan fingerprint density at radius 1 is 1.48 bits per heavy atom. The van der Waals surface area contributed by atoms with Crippen LogP contribution in [0.1, 0.15) is 20.8 Å². The number of morpholine rings is 1. The van der Waals surface area contributed by atoms with Gasteiger partial charge in [0.15, 0.2) is 5.65 Å². The lowest BCUT2D eigenvalue weighted by Gasteiger charge is -2.30. The van der Waals surface area contributed by atoms with Gasteiger partial charge in [0.25, 0.3) is 5.56 Å². The highest BCUT2D eigenvalue weighted by molar-refractivity contribution is 5.74. The third kappa shape index (κ3) is 3.37. The molecule has 0 radical (unpaired) electrons. The molecule has 2 aromatic heterocycles. The van der Waals surface area contributed by atoms with Crippen LogP contribution >= 0.6 is 0 Å². The molecule has 1 fully saturated rings. The molecule has 0 bridgehead atoms. The van der Waals surface area contributed by atoms with Gasteiger partial charge in [0.2, 0.25) is 5.95 Å². The normalized spacial score (nSPS) is 20.1. The van der Waals surface area contributed by atoms with E-state index in [9.17, 15) is 4.79 Å². The molecule has 126 valence electrons. The molecule has 0 amide bonds. The number of likely N-dealkylation sites (N-methyl/N-ethyl adjacent to an activating group) is 1. The van der Waals surface area contributed by atoms with Crippen LogP contribution in [0.5, 0.6) is 0 Å². The Kier molecular flexibility index (Phi) is 4.11. The molecule has 1 saturated heterocycles. The first-order chi connectivity index (χ1) is 10.8. The number of hydrogen-bond donors (Lipinski definition) is 2. The first-order valence-electron chi connectivity index (χ1n) is 7.87. The summed E-state index contributed by atoms with van der Waals surface area (Å²) in [5.41, 5.74) is 0.162. The number of ether oxygens (including phenoxy) is 1. The lowest BCUT2D eigenvalue weighted by Crippen LogP contribution is -2.43. The summed E-state index contributed by atoms with van der Waals surface area (Å²) in [6.07, 6.45) is 1.65. The smallest absolute Gasteiger partial charge is 0.263 e. The van der Waals surface area contributed by atoms with E-state index in [1.165, 1.54) is 0 Å². The van der Waals surface area contributed by atoms with Crippen molar-refractivity contribution < 1.29 is 4.74 Å². The number of hydrogen-bond acceptors (Lipinski definition) is 6. The number of fused-ring (bicyclic) bond motifs is 1. The molecule has 1 unspecified atom stereocenters. The van der Waals surface area contributed by atoms with Crippen molar-refractivity contribution >= 4 is 17.0 Å². The minimum atomic E-state index is -0.241. The van der Waals surface area contributed by atoms with Crippen molar-refractivity contribution in [3.05, 3.63) is 16.6 Å². The first-order valence-corrected chi connectivity index (χ1v) is 7.87. The maximum atomic E-state index is 12.2. The second kappa shape index (κ2) is 5.93. The molecule has 0 saturated carbocycles. The summed E-state index contributed by atoms with van der Waals surface area (Å²) in [6.45, 7) is 9.22. The average Bonchev–Trinajstić information content (AvgIpc) is 2.90. The topological polar surface area (TPSA) is 88.1 Å². The largest absolute Gasteiger partial charge is 0.374 e. The van der Waals surface area contributed by atoms with Crippen LogP contribution in [0.2, 0.25) is 0 Å². The number of aromatic amines is 1. The molecule has 8 heteroatoms. The van der Waals surface area contributed by atoms with Gasteiger partial charge in [-0.25, -0.2) is 4.68 Å². The SMILES string of the molecule is CN1CCOC(CNc2nc3c(cnn3C(C)(C)C)c(=O)[nH]2)C1. The summed E-state index contributed by atoms with van der Waals surface area (Å²) >= 11 is 0. The van der Waals surface area contributed by atoms with Crippen LogP contribution in [0.25, 0.3) is 11.0 Å². The third-order valence-corrected chi connectivity index (χ3v) is 3.91. The fourth-order valence-electron chi connectivity index (χ4n) is 2.69. The van der Waals surface area contributed by atoms with Crippen LogP contribution < -0.4 is 10.9 Å². The van der Waals surface area contributed by atoms with Crippen molar-refractivity contribution in [2.45, 2.75) is 32.4 Å². The van der Waals surface area contributed by atoms with Crippen molar-refractivity contribution in [2.75, 3.05) is 38.6 Å². The predicted octanol–water partition coefficient (Wildman–Crippen LogP) is 0.617. The summed E-state index contributed by atoms with van der Waals surface area (Å²) < 4.78 is 7.48. The summed E-state index contributed by atoms with van der Waals surface area (Å²) in [4.78, 5) is 21.7. The van der Waals surface area contributed by atoms with Crippen LogP contribution in [0.15, 0.2) is 11.0 Å². The molecular formula is C15H24N6O2. The molecule has 3 heterocycles. The maximum Gasteiger partial charge on any atom is 0.263 e. The van der Waals surface area contributed by atoms with Gasteiger partial charge >= 0.3 is 0 Å². The Morgan fingerprint density at radius 2 is 2.26 bits per heavy atom. The van der Waals surface area contributed by atoms with Gasteiger partial charge < -0.3 is 15.0 Å². The van der Waals surface area contributed by atoms with E-state index < -0.39 is 0 Å². The predicted molar refractivity (Wildman–Crippen MR) is 88.9 cm³/mol. The van der Waals surface area contributed by atoms with E-state index in [4.69, 9.17) is 4.74 Å². The Bertz CT molecular complexity index is 744. The van der Waals surface area contributed by atoms with Gasteiger partial charge in [0.05, 0.1) is 24.4 Å². The highest BCUT2D eigenvalue weighted by Gasteiger charge is 2.21. The van der Waals surface area contributed by atoms with Gasteiger partial charge in [-0.05, 0) is 27.8 Å². The van der Waals surface area contributed by atoms with Crippen LogP contribution in [0.4, 0.5) is 5.95 Å². The van der Waals surface area contributed by atoms with E-state index in [1.54, 1.807) is 10.9 Å². The second-order valence-electron chi connectivity index (χ2n) is 7.01. The standard InChI is InChI=1S/C15H24N6O2/c1-15(2,3)21-12-11(8-17-21)13(22)19-14(18-12)16-7-10-9-20(4)5-6-23-10/h8,10H,5-7,9H2,1-4H3,(H2,16,18,19,22). The van der Waals surface area contributed by atoms with Crippen molar-refractivity contribution in [2.24, 2.45) is 0 Å². The van der Waals surface area contributed by atoms with E-state index in [1.807, 2.05) is 20.8 Å². The fourth-order valence-corrected chi connectivity index (χ4v) is 2.69. The number of aromatic nitrogens is 4. The lowest BCUT2D eigenvalue weighted by molar-refractivity contribution is -0.0117. The molecule has 1 aliphatic heterocycles. The van der Waals surface area contributed by atoms with Crippen LogP contribution in [-0.2, 0) is 10.3 Å². The first kappa shape index (κ1) is 15.9. The Morgan fingerprint density at radius 3 is 2.96 bits per heavy atom. The summed E-state index contributed by atoms with van der Waals surface area (Å²) in [5.74, 6) is 0.449. The molecule has 8 nitrogen and oxygen atoms in total. The van der Waals surface area contributed by atoms with Gasteiger partial charge in [-0.3, -0.25) is 9.78 Å². The maximum absolute atomic E-state index is 12.2. The van der Waals surface area contributed by atoms with Gasteiger partial charge in [0, 0.05) is 19.6 Å². The van der Waals surface area contributed by atoms with E-state index in [2.05, 4.69) is 32.3 Å². The molecule has 3 rings (SSSR count). The molecular weight excluding hydrogens is 296 g/mol. The molecule has 0 aliphatic carbocycles. The van der Waals surface area contributed by atoms with E-state index in [-0.39, 0.29) is 17.2 Å². The van der Waals surface area contributed by atoms with Crippen molar-refractivity contribution in [1.82, 2.24) is 24.6 Å². The molecule has 2 aromatic rings. The molecule has 0 spiro atoms. The average molecular weight is 320 g/mol. The zero-order chi connectivity index (χ0) is 16.6. The summed E-state index contributed by atoms with van der Waals surface area (Å²) in [7, 11) is 2.07. The Labute approximate surface area is 134 Å². The van der Waals surface area contributed by atoms with Crippen LogP contribution in [0, 0.1) is 0 Å². The zero-order valence-corrected chi connectivity index (χ0v) is 14.1. The quantitative estimate of drug-likeness (QED) is 0.862. The fraction of sp³-hybridized carbons (Fsp3) is 0.667. The van der Waals surface area contributed by atoms with Crippen LogP contribution in [0.3, 0.4) is 0 Å². The van der Waals surface area contributed by atoms with Crippen molar-refractivity contribution in [1.29, 1.82) is 0 Å². The highest BCUT2D eigenvalue weighted by Crippen LogP contribution is 2.18. The van der Waals surface area contributed by atoms with Crippen molar-refractivity contribution in [3.63, 3.8) is 0 Å². The Balaban J connectivity index is 1.82. The third-order valence-electron chi connectivity index (χ3n) is 3.91. The van der Waals surface area contributed by atoms with Crippen molar-refractivity contribution in [3.8, 4) is 0 Å². The van der Waals surface area contributed by atoms with E-state index >= 15 is 0 Å². The molecule has 23 heavy (non-hydrogen) atoms. The number of rotatable bonds is 3. The number of nitrogens with one attached hydrogen (secondary N) is 2. The van der Waals surface area contributed by atoms with Gasteiger partial charge in [-0.1, -0.05) is 0 Å². The highest BCUT2D eigenvalue weighted by atomic mass is 16.5. The zero-order valence-electron chi connectivity index (χ0n) is 14.1. The molecule has 0 aromatic carbocycles. The van der Waals surface area contributed by atoms with Gasteiger partial charge in [-0.15, -0.1) is 0 Å². The molecule has 1 aliphatic rings. The van der Waals surface area contributed by atoms with Crippen LogP contribution in [-0.4, -0.2) is 64.0 Å². The molecule has 2 N–H and O–H groups in total. The monoisotopic (exact) mass is 320 g/mol. The minimum Gasteiger partial charge on any atom is -0.374 e. The number of nitrogens with zero attached hydrogens (tertiary/aromatic N) is 4. The van der Waals surface area contributed by atoms with Gasteiger partial charge in [-0.2, -0.15) is 10.1 Å². The Hall–Kier alpha value is -1.93. The summed E-state index contributed by atoms with van der Waals surface area (Å²) in [6, 6.07) is 0. The number of anilines is 1. The minimum absolute atomic E-state index is 0.0854. The van der Waals surface area contributed by atoms with E-state index in [0.717, 1.165) is 19.7 Å².